The molecule has 1 aromatic heterocycles. The molecule has 3 nitrogen and oxygen atoms in total. The minimum atomic E-state index is -0.840. The van der Waals surface area contributed by atoms with E-state index in [2.05, 4.69) is 11.9 Å². The molecule has 1 aromatic rings. The topological polar surface area (TPSA) is 50.2 Å². The molecule has 0 amide bonds. The van der Waals surface area contributed by atoms with E-state index in [4.69, 9.17) is 5.11 Å². The molecule has 0 aliphatic carbocycles. The van der Waals surface area contributed by atoms with Crippen molar-refractivity contribution in [3.05, 3.63) is 15.6 Å². The number of thiazole rings is 1. The summed E-state index contributed by atoms with van der Waals surface area (Å²) in [6, 6.07) is 0. The highest BCUT2D eigenvalue weighted by atomic mass is 32.1. The van der Waals surface area contributed by atoms with E-state index >= 15 is 0 Å². The fourth-order valence-corrected chi connectivity index (χ4v) is 2.12. The maximum Gasteiger partial charge on any atom is 0.347 e. The van der Waals surface area contributed by atoms with Crippen LogP contribution in [0.15, 0.2) is 0 Å². The van der Waals surface area contributed by atoms with E-state index in [-0.39, 0.29) is 0 Å². The van der Waals surface area contributed by atoms with E-state index in [9.17, 15) is 4.79 Å². The lowest BCUT2D eigenvalue weighted by atomic mass is 10.2. The van der Waals surface area contributed by atoms with Gasteiger partial charge in [-0.2, -0.15) is 0 Å². The first-order valence-corrected chi connectivity index (χ1v) is 5.72. The molecule has 0 bridgehead atoms. The molecule has 0 aromatic carbocycles. The van der Waals surface area contributed by atoms with Crippen LogP contribution in [0.1, 0.15) is 47.1 Å². The number of carboxylic acid groups (broad SMARTS) is 1. The number of carbonyl (C=O) groups is 1. The van der Waals surface area contributed by atoms with Gasteiger partial charge in [0.2, 0.25) is 0 Å². The summed E-state index contributed by atoms with van der Waals surface area (Å²) in [6.45, 7) is 4.08. The van der Waals surface area contributed by atoms with Crippen LogP contribution in [0.5, 0.6) is 0 Å². The fourth-order valence-electron chi connectivity index (χ4n) is 1.23. The van der Waals surface area contributed by atoms with Crippen LogP contribution in [0.3, 0.4) is 0 Å². The van der Waals surface area contributed by atoms with Gasteiger partial charge in [0.1, 0.15) is 4.88 Å². The number of aryl methyl sites for hydroxylation is 2. The molecule has 14 heavy (non-hydrogen) atoms. The first-order valence-electron chi connectivity index (χ1n) is 4.90. The van der Waals surface area contributed by atoms with Crippen molar-refractivity contribution in [2.75, 3.05) is 0 Å². The van der Waals surface area contributed by atoms with Crippen LogP contribution in [-0.4, -0.2) is 16.1 Å². The highest BCUT2D eigenvalue weighted by Gasteiger charge is 2.15. The van der Waals surface area contributed by atoms with E-state index in [1.165, 1.54) is 11.3 Å². The highest BCUT2D eigenvalue weighted by molar-refractivity contribution is 7.13. The van der Waals surface area contributed by atoms with Gasteiger partial charge < -0.3 is 5.11 Å². The molecule has 1 rings (SSSR count). The van der Waals surface area contributed by atoms with Crippen molar-refractivity contribution in [2.45, 2.75) is 39.5 Å². The van der Waals surface area contributed by atoms with Crippen molar-refractivity contribution >= 4 is 17.3 Å². The molecule has 0 fully saturated rings. The first kappa shape index (κ1) is 11.2. The number of aromatic carboxylic acids is 1. The second kappa shape index (κ2) is 5.10. The number of unbranched alkanes of at least 4 members (excludes halogenated alkanes) is 1. The van der Waals surface area contributed by atoms with Crippen molar-refractivity contribution in [3.8, 4) is 0 Å². The van der Waals surface area contributed by atoms with E-state index in [0.717, 1.165) is 36.4 Å². The molecule has 0 radical (unpaired) electrons. The van der Waals surface area contributed by atoms with Gasteiger partial charge in [-0.15, -0.1) is 11.3 Å². The average Bonchev–Trinajstić information content (AvgIpc) is 2.58. The Hall–Kier alpha value is -0.900. The normalized spacial score (nSPS) is 10.4. The summed E-state index contributed by atoms with van der Waals surface area (Å²) < 4.78 is 0. The van der Waals surface area contributed by atoms with Crippen LogP contribution < -0.4 is 0 Å². The monoisotopic (exact) mass is 213 g/mol. The Kier molecular flexibility index (Phi) is 4.07. The van der Waals surface area contributed by atoms with Crippen LogP contribution in [0, 0.1) is 0 Å². The van der Waals surface area contributed by atoms with Crippen LogP contribution in [-0.2, 0) is 12.8 Å². The maximum absolute atomic E-state index is 10.9. The predicted octanol–water partition coefficient (Wildman–Crippen LogP) is 2.75. The van der Waals surface area contributed by atoms with Gasteiger partial charge in [-0.25, -0.2) is 9.78 Å². The lowest BCUT2D eigenvalue weighted by molar-refractivity contribution is 0.0700. The molecule has 0 saturated heterocycles. The second-order valence-electron chi connectivity index (χ2n) is 3.15. The molecule has 0 spiro atoms. The fraction of sp³-hybridized carbons (Fsp3) is 0.600. The first-order chi connectivity index (χ1) is 6.69. The van der Waals surface area contributed by atoms with Gasteiger partial charge >= 0.3 is 5.97 Å². The molecule has 78 valence electrons. The minimum Gasteiger partial charge on any atom is -0.477 e. The number of carboxylic acids is 1. The number of hydrogen-bond donors (Lipinski definition) is 1. The Labute approximate surface area is 87.8 Å². The lowest BCUT2D eigenvalue weighted by Crippen LogP contribution is -1.98. The van der Waals surface area contributed by atoms with Crippen LogP contribution >= 0.6 is 11.3 Å². The summed E-state index contributed by atoms with van der Waals surface area (Å²) in [5, 5.41) is 9.87. The van der Waals surface area contributed by atoms with Gasteiger partial charge in [-0.3, -0.25) is 0 Å². The molecule has 0 aliphatic rings. The maximum atomic E-state index is 10.9. The zero-order valence-corrected chi connectivity index (χ0v) is 9.36. The molecule has 1 heterocycles. The molecule has 1 N–H and O–H groups in total. The summed E-state index contributed by atoms with van der Waals surface area (Å²) in [5.74, 6) is -0.840. The van der Waals surface area contributed by atoms with E-state index in [0.29, 0.717) is 4.88 Å². The summed E-state index contributed by atoms with van der Waals surface area (Å²) in [4.78, 5) is 15.6. The van der Waals surface area contributed by atoms with Gasteiger partial charge in [0.25, 0.3) is 0 Å². The Morgan fingerprint density at radius 2 is 2.21 bits per heavy atom. The average molecular weight is 213 g/mol. The standard InChI is InChI=1S/C10H15NO2S/c1-3-5-6-7-9(10(12)13)14-8(4-2)11-7/h3-6H2,1-2H3,(H,12,13). The second-order valence-corrected chi connectivity index (χ2v) is 4.23. The van der Waals surface area contributed by atoms with Crippen molar-refractivity contribution in [1.29, 1.82) is 0 Å². The van der Waals surface area contributed by atoms with Crippen LogP contribution in [0.4, 0.5) is 0 Å². The molecule has 0 atom stereocenters. The third-order valence-corrected chi connectivity index (χ3v) is 3.24. The summed E-state index contributed by atoms with van der Waals surface area (Å²) in [6.07, 6.45) is 3.68. The van der Waals surface area contributed by atoms with E-state index < -0.39 is 5.97 Å². The molecule has 4 heteroatoms. The van der Waals surface area contributed by atoms with Crippen molar-refractivity contribution in [3.63, 3.8) is 0 Å². The number of hydrogen-bond acceptors (Lipinski definition) is 3. The minimum absolute atomic E-state index is 0.426. The van der Waals surface area contributed by atoms with Crippen molar-refractivity contribution < 1.29 is 9.90 Å². The SMILES string of the molecule is CCCCc1nc(CC)sc1C(=O)O. The van der Waals surface area contributed by atoms with Crippen molar-refractivity contribution in [1.82, 2.24) is 4.98 Å². The number of nitrogens with zero attached hydrogens (tertiary/aromatic N) is 1. The largest absolute Gasteiger partial charge is 0.477 e. The quantitative estimate of drug-likeness (QED) is 0.818. The number of rotatable bonds is 5. The Bertz CT molecular complexity index is 320. The molecular formula is C10H15NO2S. The van der Waals surface area contributed by atoms with Gasteiger partial charge in [0.15, 0.2) is 0 Å². The molecular weight excluding hydrogens is 198 g/mol. The third-order valence-electron chi connectivity index (χ3n) is 2.01. The van der Waals surface area contributed by atoms with E-state index in [1.807, 2.05) is 6.92 Å². The Balaban J connectivity index is 2.88. The lowest BCUT2D eigenvalue weighted by Gasteiger charge is -1.95. The predicted molar refractivity (Wildman–Crippen MR) is 57.1 cm³/mol. The van der Waals surface area contributed by atoms with Gasteiger partial charge in [0, 0.05) is 0 Å². The van der Waals surface area contributed by atoms with Gasteiger partial charge in [0.05, 0.1) is 10.7 Å². The van der Waals surface area contributed by atoms with Crippen LogP contribution in [0.25, 0.3) is 0 Å². The molecule has 0 saturated carbocycles. The summed E-state index contributed by atoms with van der Waals surface area (Å²) in [7, 11) is 0. The summed E-state index contributed by atoms with van der Waals surface area (Å²) in [5.41, 5.74) is 0.765. The zero-order valence-electron chi connectivity index (χ0n) is 8.54. The van der Waals surface area contributed by atoms with Crippen LogP contribution in [0.2, 0.25) is 0 Å². The Morgan fingerprint density at radius 3 is 2.71 bits per heavy atom. The number of aromatic nitrogens is 1. The third kappa shape index (κ3) is 2.54. The highest BCUT2D eigenvalue weighted by Crippen LogP contribution is 2.20. The molecule has 0 unspecified atom stereocenters. The summed E-state index contributed by atoms with van der Waals surface area (Å²) >= 11 is 1.31. The van der Waals surface area contributed by atoms with Gasteiger partial charge in [-0.1, -0.05) is 20.3 Å². The van der Waals surface area contributed by atoms with Gasteiger partial charge in [-0.05, 0) is 19.3 Å². The van der Waals surface area contributed by atoms with Crippen molar-refractivity contribution in [2.24, 2.45) is 0 Å². The molecule has 0 aliphatic heterocycles. The smallest absolute Gasteiger partial charge is 0.347 e. The zero-order chi connectivity index (χ0) is 10.6. The Morgan fingerprint density at radius 1 is 1.50 bits per heavy atom. The van der Waals surface area contributed by atoms with E-state index in [1.54, 1.807) is 0 Å².